The van der Waals surface area contributed by atoms with Gasteiger partial charge in [0.2, 0.25) is 0 Å². The van der Waals surface area contributed by atoms with Crippen molar-refractivity contribution in [2.75, 3.05) is 0 Å². The molecule has 0 aliphatic heterocycles. The van der Waals surface area contributed by atoms with E-state index in [2.05, 4.69) is 216 Å². The number of allylic oxidation sites excluding steroid dienone is 3. The summed E-state index contributed by atoms with van der Waals surface area (Å²) in [5, 5.41) is 5.08. The molecule has 0 bridgehead atoms. The summed E-state index contributed by atoms with van der Waals surface area (Å²) in [6.45, 7) is 2.13. The summed E-state index contributed by atoms with van der Waals surface area (Å²) in [6, 6.07) is 62.3. The van der Waals surface area contributed by atoms with Crippen LogP contribution in [0.15, 0.2) is 182 Å². The molecule has 11 rings (SSSR count). The lowest BCUT2D eigenvalue weighted by Crippen LogP contribution is -2.03. The Morgan fingerprint density at radius 3 is 2.03 bits per heavy atom. The summed E-state index contributed by atoms with van der Waals surface area (Å²) in [5.74, 6) is 0. The lowest BCUT2D eigenvalue weighted by molar-refractivity contribution is 0.985. The van der Waals surface area contributed by atoms with E-state index in [4.69, 9.17) is 0 Å². The van der Waals surface area contributed by atoms with E-state index in [0.717, 1.165) is 24.2 Å². The fourth-order valence-corrected chi connectivity index (χ4v) is 10.2. The van der Waals surface area contributed by atoms with Gasteiger partial charge in [0.05, 0.1) is 16.6 Å². The normalized spacial score (nSPS) is 12.9. The van der Waals surface area contributed by atoms with Crippen molar-refractivity contribution in [3.05, 3.63) is 215 Å². The maximum absolute atomic E-state index is 2.52. The second-order valence-corrected chi connectivity index (χ2v) is 16.3. The molecule has 0 N–H and O–H groups in total. The van der Waals surface area contributed by atoms with Gasteiger partial charge in [-0.05, 0) is 114 Å². The molecule has 276 valence electrons. The van der Waals surface area contributed by atoms with Crippen molar-refractivity contribution in [3.8, 4) is 22.5 Å². The summed E-state index contributed by atoms with van der Waals surface area (Å²) < 4.78 is 6.26. The fraction of sp³-hybridized carbons (Fsp3) is 0.0545. The van der Waals surface area contributed by atoms with E-state index in [1.165, 1.54) is 92.3 Å². The summed E-state index contributed by atoms with van der Waals surface area (Å²) in [7, 11) is 0. The Hall–Kier alpha value is -6.94. The first-order valence-electron chi connectivity index (χ1n) is 20.1. The van der Waals surface area contributed by atoms with Crippen LogP contribution in [0.5, 0.6) is 0 Å². The van der Waals surface area contributed by atoms with E-state index < -0.39 is 0 Å². The number of hydrogen-bond donors (Lipinski definition) is 0. The summed E-state index contributed by atoms with van der Waals surface area (Å²) in [6.07, 6.45) is 13.3. The van der Waals surface area contributed by atoms with Crippen LogP contribution in [0, 0.1) is 0 Å². The molecule has 0 unspecified atom stereocenters. The number of rotatable bonds is 7. The van der Waals surface area contributed by atoms with Gasteiger partial charge in [-0.15, -0.1) is 11.3 Å². The van der Waals surface area contributed by atoms with Crippen LogP contribution in [-0.2, 0) is 6.42 Å². The van der Waals surface area contributed by atoms with Crippen LogP contribution >= 0.6 is 11.3 Å². The van der Waals surface area contributed by atoms with Gasteiger partial charge in [-0.1, -0.05) is 127 Å². The highest BCUT2D eigenvalue weighted by molar-refractivity contribution is 7.20. The van der Waals surface area contributed by atoms with Crippen LogP contribution in [0.2, 0.25) is 0 Å². The Morgan fingerprint density at radius 2 is 1.24 bits per heavy atom. The standard InChI is InChI=1S/C55H40N2S/c1-2-15-44-45-23-12-13-24-50(45)57(53(44)33-37-26-31-55-48(32-37)49-35-40(20-14-25-54(49)58-55)38-16-6-3-7-17-38)43-28-30-52-47(36-43)46-34-41(39-18-8-4-9-19-39)27-29-51(46)56(52)42-21-10-5-11-22-42/h2-19,21-32,34-36H,20,33H2,1H3/b15-2-. The lowest BCUT2D eigenvalue weighted by Gasteiger charge is -2.14. The highest BCUT2D eigenvalue weighted by Crippen LogP contribution is 2.41. The molecule has 58 heavy (non-hydrogen) atoms. The third-order valence-electron chi connectivity index (χ3n) is 11.7. The van der Waals surface area contributed by atoms with Gasteiger partial charge in [0, 0.05) is 65.7 Å². The average Bonchev–Trinajstić information content (AvgIpc) is 3.83. The predicted molar refractivity (Wildman–Crippen MR) is 250 cm³/mol. The minimum absolute atomic E-state index is 0.794. The maximum Gasteiger partial charge on any atom is 0.0542 e. The first kappa shape index (κ1) is 34.3. The van der Waals surface area contributed by atoms with E-state index in [0.29, 0.717) is 0 Å². The molecule has 7 aromatic carbocycles. The van der Waals surface area contributed by atoms with E-state index in [9.17, 15) is 0 Å². The molecule has 2 nitrogen and oxygen atoms in total. The zero-order valence-corrected chi connectivity index (χ0v) is 33.1. The van der Waals surface area contributed by atoms with Crippen molar-refractivity contribution in [2.24, 2.45) is 0 Å². The molecule has 3 heteroatoms. The smallest absolute Gasteiger partial charge is 0.0542 e. The molecule has 0 saturated carbocycles. The van der Waals surface area contributed by atoms with Crippen LogP contribution in [0.1, 0.15) is 46.2 Å². The van der Waals surface area contributed by atoms with Crippen LogP contribution in [0.4, 0.5) is 0 Å². The minimum Gasteiger partial charge on any atom is -0.313 e. The van der Waals surface area contributed by atoms with Gasteiger partial charge in [0.15, 0.2) is 0 Å². The number of thiophene rings is 1. The van der Waals surface area contributed by atoms with E-state index >= 15 is 0 Å². The average molecular weight is 761 g/mol. The maximum atomic E-state index is 2.52. The third-order valence-corrected chi connectivity index (χ3v) is 12.9. The molecule has 0 atom stereocenters. The zero-order valence-electron chi connectivity index (χ0n) is 32.3. The van der Waals surface area contributed by atoms with E-state index in [-0.39, 0.29) is 0 Å². The predicted octanol–water partition coefficient (Wildman–Crippen LogP) is 15.2. The number of benzene rings is 7. The second kappa shape index (κ2) is 14.2. The summed E-state index contributed by atoms with van der Waals surface area (Å²) in [4.78, 5) is 1.33. The zero-order chi connectivity index (χ0) is 38.6. The molecule has 3 aromatic heterocycles. The molecule has 0 fully saturated rings. The van der Waals surface area contributed by atoms with Crippen molar-refractivity contribution < 1.29 is 0 Å². The number of para-hydroxylation sites is 2. The summed E-state index contributed by atoms with van der Waals surface area (Å²) >= 11 is 1.89. The molecule has 0 saturated heterocycles. The molecule has 3 heterocycles. The second-order valence-electron chi connectivity index (χ2n) is 15.2. The molecule has 1 aliphatic carbocycles. The van der Waals surface area contributed by atoms with Gasteiger partial charge in [-0.3, -0.25) is 0 Å². The van der Waals surface area contributed by atoms with Gasteiger partial charge in [0.25, 0.3) is 0 Å². The fourth-order valence-electron chi connectivity index (χ4n) is 9.09. The SMILES string of the molecule is C/C=C\c1c(Cc2ccc3sc4c(c3c2)C=C(c2ccccc2)CC=C4)n(-c2ccc3c(c2)c2cc(-c4ccccc4)ccc2n3-c2ccccc2)c2ccccc12. The van der Waals surface area contributed by atoms with Crippen molar-refractivity contribution in [1.82, 2.24) is 9.13 Å². The Balaban J connectivity index is 1.11. The Bertz CT molecular complexity index is 3260. The molecule has 1 aliphatic rings. The monoisotopic (exact) mass is 760 g/mol. The van der Waals surface area contributed by atoms with Gasteiger partial charge in [-0.25, -0.2) is 0 Å². The molecular weight excluding hydrogens is 721 g/mol. The number of fused-ring (bicyclic) bond motifs is 7. The molecule has 0 spiro atoms. The Kier molecular flexibility index (Phi) is 8.41. The quantitative estimate of drug-likeness (QED) is 0.153. The number of aromatic nitrogens is 2. The van der Waals surface area contributed by atoms with Crippen molar-refractivity contribution in [2.45, 2.75) is 19.8 Å². The highest BCUT2D eigenvalue weighted by atomic mass is 32.1. The largest absolute Gasteiger partial charge is 0.313 e. The van der Waals surface area contributed by atoms with E-state index in [1.54, 1.807) is 0 Å². The number of nitrogens with zero attached hydrogens (tertiary/aromatic N) is 2. The first-order chi connectivity index (χ1) is 28.7. The molecule has 0 radical (unpaired) electrons. The van der Waals surface area contributed by atoms with Crippen molar-refractivity contribution in [1.29, 1.82) is 0 Å². The van der Waals surface area contributed by atoms with Gasteiger partial charge < -0.3 is 9.13 Å². The van der Waals surface area contributed by atoms with Gasteiger partial charge in [-0.2, -0.15) is 0 Å². The van der Waals surface area contributed by atoms with Crippen LogP contribution in [0.25, 0.3) is 89.1 Å². The first-order valence-corrected chi connectivity index (χ1v) is 21.0. The topological polar surface area (TPSA) is 9.86 Å². The van der Waals surface area contributed by atoms with Crippen LogP contribution in [0.3, 0.4) is 0 Å². The molecule has 0 amide bonds. The van der Waals surface area contributed by atoms with Crippen LogP contribution in [-0.4, -0.2) is 9.13 Å². The lowest BCUT2D eigenvalue weighted by atomic mass is 9.98. The minimum atomic E-state index is 0.794. The van der Waals surface area contributed by atoms with Gasteiger partial charge >= 0.3 is 0 Å². The summed E-state index contributed by atoms with van der Waals surface area (Å²) in [5.41, 5.74) is 16.2. The van der Waals surface area contributed by atoms with Crippen LogP contribution < -0.4 is 0 Å². The molecule has 10 aromatic rings. The van der Waals surface area contributed by atoms with E-state index in [1.807, 2.05) is 11.3 Å². The Morgan fingerprint density at radius 1 is 0.552 bits per heavy atom. The van der Waals surface area contributed by atoms with Crippen molar-refractivity contribution in [3.63, 3.8) is 0 Å². The Labute approximate surface area is 342 Å². The van der Waals surface area contributed by atoms with Crippen molar-refractivity contribution >= 4 is 77.9 Å². The van der Waals surface area contributed by atoms with Gasteiger partial charge in [0.1, 0.15) is 0 Å². The third kappa shape index (κ3) is 5.78. The highest BCUT2D eigenvalue weighted by Gasteiger charge is 2.21. The molecular formula is C55H40N2S. The number of hydrogen-bond acceptors (Lipinski definition) is 1.